The molecule has 314 valence electrons. The van der Waals surface area contributed by atoms with Crippen LogP contribution in [0.3, 0.4) is 0 Å². The van der Waals surface area contributed by atoms with Gasteiger partial charge in [-0.05, 0) is 128 Å². The van der Waals surface area contributed by atoms with Crippen LogP contribution in [-0.2, 0) is 28.7 Å². The molecule has 10 heteroatoms. The summed E-state index contributed by atoms with van der Waals surface area (Å²) < 4.78 is 12.0. The fraction of sp³-hybridized carbons (Fsp3) is 0.674. The number of aliphatic imine (C=N–C) groups is 1. The van der Waals surface area contributed by atoms with Crippen LogP contribution in [-0.4, -0.2) is 40.8 Å². The van der Waals surface area contributed by atoms with E-state index in [9.17, 15) is 19.2 Å². The van der Waals surface area contributed by atoms with Gasteiger partial charge in [0.25, 0.3) is 0 Å². The van der Waals surface area contributed by atoms with Crippen molar-refractivity contribution < 1.29 is 28.7 Å². The van der Waals surface area contributed by atoms with Gasteiger partial charge in [-0.25, -0.2) is 14.6 Å². The molecule has 3 N–H and O–H groups in total. The number of carbonyl (C=O) groups excluding carboxylic acids is 4. The van der Waals surface area contributed by atoms with Gasteiger partial charge in [0.15, 0.2) is 0 Å². The van der Waals surface area contributed by atoms with Gasteiger partial charge < -0.3 is 25.4 Å². The predicted molar refractivity (Wildman–Crippen MR) is 227 cm³/mol. The van der Waals surface area contributed by atoms with Crippen molar-refractivity contribution in [1.29, 1.82) is 0 Å². The Kier molecular flexibility index (Phi) is 18.5. The van der Waals surface area contributed by atoms with Gasteiger partial charge in [-0.2, -0.15) is 0 Å². The molecule has 0 saturated heterocycles. The van der Waals surface area contributed by atoms with Gasteiger partial charge in [0.05, 0.1) is 11.3 Å². The average Bonchev–Trinajstić information content (AvgIpc) is 3.33. The highest BCUT2D eigenvalue weighted by Crippen LogP contribution is 2.38. The predicted octanol–water partition coefficient (Wildman–Crippen LogP) is 10.2. The summed E-state index contributed by atoms with van der Waals surface area (Å²) in [5.74, 6) is -1.31. The van der Waals surface area contributed by atoms with Crippen LogP contribution >= 0.6 is 0 Å². The lowest BCUT2D eigenvalue weighted by molar-refractivity contribution is -0.150. The molecule has 10 nitrogen and oxygen atoms in total. The van der Waals surface area contributed by atoms with Crippen LogP contribution in [0.25, 0.3) is 0 Å². The van der Waals surface area contributed by atoms with Crippen molar-refractivity contribution >= 4 is 29.6 Å². The zero-order chi connectivity index (χ0) is 42.5. The molecular formula is C46H74N4O6. The van der Waals surface area contributed by atoms with E-state index in [0.717, 1.165) is 62.5 Å². The van der Waals surface area contributed by atoms with E-state index in [0.29, 0.717) is 53.2 Å². The molecule has 2 aliphatic heterocycles. The minimum absolute atomic E-state index is 0.0859. The number of esters is 2. The second kappa shape index (κ2) is 21.5. The summed E-state index contributed by atoms with van der Waals surface area (Å²) >= 11 is 0. The Morgan fingerprint density at radius 3 is 1.64 bits per heavy atom. The first-order chi connectivity index (χ1) is 26.1. The second-order valence-corrected chi connectivity index (χ2v) is 17.5. The lowest BCUT2D eigenvalue weighted by Crippen LogP contribution is -2.38. The molecule has 0 aliphatic carbocycles. The van der Waals surface area contributed by atoms with E-state index >= 15 is 0 Å². The van der Waals surface area contributed by atoms with Crippen molar-refractivity contribution in [2.45, 2.75) is 186 Å². The van der Waals surface area contributed by atoms with Crippen LogP contribution in [0.2, 0.25) is 0 Å². The van der Waals surface area contributed by atoms with Gasteiger partial charge in [-0.15, -0.1) is 0 Å². The van der Waals surface area contributed by atoms with Crippen molar-refractivity contribution in [1.82, 2.24) is 16.0 Å². The van der Waals surface area contributed by atoms with Gasteiger partial charge in [0.2, 0.25) is 11.8 Å². The molecule has 0 spiro atoms. The Hall–Kier alpha value is -3.95. The summed E-state index contributed by atoms with van der Waals surface area (Å²) in [6, 6.07) is 0. The molecule has 2 amide bonds. The number of carbonyl (C=O) groups is 4. The van der Waals surface area contributed by atoms with Crippen molar-refractivity contribution in [2.24, 2.45) is 22.7 Å². The van der Waals surface area contributed by atoms with Gasteiger partial charge in [-0.1, -0.05) is 80.6 Å². The molecule has 0 aromatic carbocycles. The maximum Gasteiger partial charge on any atom is 0.342 e. The minimum Gasteiger partial charge on any atom is -0.456 e. The number of hydrogen-bond acceptors (Lipinski definition) is 8. The van der Waals surface area contributed by atoms with Crippen LogP contribution in [0.1, 0.15) is 174 Å². The molecular weight excluding hydrogens is 705 g/mol. The zero-order valence-electron chi connectivity index (χ0n) is 37.5. The highest BCUT2D eigenvalue weighted by molar-refractivity contribution is 6.25. The molecule has 0 saturated carbocycles. The van der Waals surface area contributed by atoms with Gasteiger partial charge in [0, 0.05) is 17.5 Å². The number of rotatable bonds is 18. The van der Waals surface area contributed by atoms with E-state index < -0.39 is 23.1 Å². The number of amidine groups is 1. The Labute approximate surface area is 338 Å². The summed E-state index contributed by atoms with van der Waals surface area (Å²) in [5.41, 5.74) is 2.81. The zero-order valence-corrected chi connectivity index (χ0v) is 37.5. The third-order valence-corrected chi connectivity index (χ3v) is 10.1. The summed E-state index contributed by atoms with van der Waals surface area (Å²) in [7, 11) is 0. The first kappa shape index (κ1) is 48.2. The Balaban J connectivity index is 3.05. The monoisotopic (exact) mass is 779 g/mol. The first-order valence-electron chi connectivity index (χ1n) is 21.2. The molecule has 2 heterocycles. The van der Waals surface area contributed by atoms with Crippen LogP contribution in [0.15, 0.2) is 61.7 Å². The van der Waals surface area contributed by atoms with Gasteiger partial charge in [0.1, 0.15) is 28.4 Å². The molecule has 0 aromatic heterocycles. The molecule has 2 aliphatic rings. The van der Waals surface area contributed by atoms with E-state index in [4.69, 9.17) is 14.5 Å². The SMILES string of the molecule is CCCCC1=C(C(=O)OC(C)(C)C)C(C(C)C)=C(/C=C2\N=C(NC(=O)C(CC)CCCC)C(C(=O)OC(C)(C)C)=C2C)NC(NC(=O)C(CC)CCCC)=C1C. The van der Waals surface area contributed by atoms with Gasteiger partial charge in [-0.3, -0.25) is 9.59 Å². The lowest BCUT2D eigenvalue weighted by Gasteiger charge is -2.25. The standard InChI is InChI=1S/C46H74N4O6/c1-16-21-24-31(19-4)41(51)49-39-29(8)33(26-23-18-3)38(44(54)56-46(13,14)15)36(28(6)7)35(48-39)27-34-30(9)37(43(53)55-45(10,11)12)40(47-34)50-42(52)32(20-5)25-22-17-2/h27-28,31-32,48H,16-26H2,1-15H3,(H,49,51)(H,47,50,52)/b34-27-. The fourth-order valence-electron chi connectivity index (χ4n) is 6.90. The molecule has 0 radical (unpaired) electrons. The van der Waals surface area contributed by atoms with Crippen molar-refractivity contribution in [3.63, 3.8) is 0 Å². The van der Waals surface area contributed by atoms with Crippen LogP contribution in [0.5, 0.6) is 0 Å². The Morgan fingerprint density at radius 1 is 0.714 bits per heavy atom. The van der Waals surface area contributed by atoms with E-state index in [1.54, 1.807) is 27.7 Å². The van der Waals surface area contributed by atoms with E-state index in [-0.39, 0.29) is 41.0 Å². The quantitative estimate of drug-likeness (QED) is 0.118. The van der Waals surface area contributed by atoms with Crippen LogP contribution in [0.4, 0.5) is 0 Å². The normalized spacial score (nSPS) is 17.2. The maximum atomic E-state index is 14.4. The molecule has 56 heavy (non-hydrogen) atoms. The number of nitrogens with one attached hydrogen (secondary N) is 3. The summed E-state index contributed by atoms with van der Waals surface area (Å²) in [5, 5.41) is 9.78. The van der Waals surface area contributed by atoms with Crippen molar-refractivity contribution in [2.75, 3.05) is 0 Å². The summed E-state index contributed by atoms with van der Waals surface area (Å²) in [4.78, 5) is 60.8. The molecule has 0 bridgehead atoms. The second-order valence-electron chi connectivity index (χ2n) is 17.5. The van der Waals surface area contributed by atoms with E-state index in [1.807, 2.05) is 61.5 Å². The topological polar surface area (TPSA) is 135 Å². The molecule has 2 rings (SSSR count). The lowest BCUT2D eigenvalue weighted by atomic mass is 9.86. The number of amides is 2. The van der Waals surface area contributed by atoms with Crippen LogP contribution in [0, 0.1) is 17.8 Å². The number of allylic oxidation sites excluding steroid dienone is 4. The third-order valence-electron chi connectivity index (χ3n) is 10.1. The van der Waals surface area contributed by atoms with Crippen LogP contribution < -0.4 is 16.0 Å². The van der Waals surface area contributed by atoms with E-state index in [1.165, 1.54) is 0 Å². The number of hydrogen-bond donors (Lipinski definition) is 3. The highest BCUT2D eigenvalue weighted by Gasteiger charge is 2.36. The van der Waals surface area contributed by atoms with Crippen molar-refractivity contribution in [3.05, 3.63) is 56.7 Å². The maximum absolute atomic E-state index is 14.4. The smallest absolute Gasteiger partial charge is 0.342 e. The fourth-order valence-corrected chi connectivity index (χ4v) is 6.90. The summed E-state index contributed by atoms with van der Waals surface area (Å²) in [6.07, 6.45) is 10.8. The molecule has 0 fully saturated rings. The number of ether oxygens (including phenoxy) is 2. The number of nitrogens with zero attached hydrogens (tertiary/aromatic N) is 1. The molecule has 2 unspecified atom stereocenters. The third kappa shape index (κ3) is 13.6. The molecule has 2 atom stereocenters. The molecule has 0 aromatic rings. The van der Waals surface area contributed by atoms with E-state index in [2.05, 4.69) is 36.7 Å². The largest absolute Gasteiger partial charge is 0.456 e. The Morgan fingerprint density at radius 2 is 1.20 bits per heavy atom. The average molecular weight is 779 g/mol. The summed E-state index contributed by atoms with van der Waals surface area (Å²) in [6.45, 7) is 29.0. The highest BCUT2D eigenvalue weighted by atomic mass is 16.6. The Bertz CT molecular complexity index is 1640. The number of unbranched alkanes of at least 4 members (excludes halogenated alkanes) is 3. The minimum atomic E-state index is -0.792. The first-order valence-corrected chi connectivity index (χ1v) is 21.2. The van der Waals surface area contributed by atoms with Crippen molar-refractivity contribution in [3.8, 4) is 0 Å². The van der Waals surface area contributed by atoms with Gasteiger partial charge >= 0.3 is 11.9 Å².